The van der Waals surface area contributed by atoms with Crippen molar-refractivity contribution in [3.05, 3.63) is 47.7 Å². The maximum absolute atomic E-state index is 16.3. The number of ether oxygens (including phenoxy) is 2. The quantitative estimate of drug-likeness (QED) is 0.221. The summed E-state index contributed by atoms with van der Waals surface area (Å²) in [6, 6.07) is 5.13. The summed E-state index contributed by atoms with van der Waals surface area (Å²) in [6.07, 6.45) is 0.863. The van der Waals surface area contributed by atoms with Gasteiger partial charge in [0.05, 0.1) is 12.0 Å². The Bertz CT molecular complexity index is 1650. The molecule has 6 rings (SSSR count). The van der Waals surface area contributed by atoms with Crippen LogP contribution in [0.2, 0.25) is 0 Å². The number of fused-ring (bicyclic) bond motifs is 2. The molecule has 0 unspecified atom stereocenters. The molecule has 12 heteroatoms. The highest BCUT2D eigenvalue weighted by Crippen LogP contribution is 2.47. The predicted molar refractivity (Wildman–Crippen MR) is 146 cm³/mol. The Hall–Kier alpha value is -3.80. The molecule has 0 radical (unpaired) electrons. The molecule has 0 amide bonds. The molecule has 0 bridgehead atoms. The molecule has 1 aliphatic carbocycles. The van der Waals surface area contributed by atoms with Gasteiger partial charge in [0.15, 0.2) is 12.4 Å². The SMILES string of the molecule is CCc1c(F)ccc2cc(O)cc(-c3ncc4c(OCC(F)(F)F)nc(OCC5(CN6CCCC6)CC5)nc4c3F)c12. The Morgan fingerprint density at radius 3 is 2.50 bits per heavy atom. The van der Waals surface area contributed by atoms with Crippen LogP contribution in [0.3, 0.4) is 0 Å². The molecule has 42 heavy (non-hydrogen) atoms. The number of phenols is 1. The second-order valence-corrected chi connectivity index (χ2v) is 11.1. The summed E-state index contributed by atoms with van der Waals surface area (Å²) < 4.78 is 81.0. The summed E-state index contributed by atoms with van der Waals surface area (Å²) >= 11 is 0. The van der Waals surface area contributed by atoms with Crippen LogP contribution in [0.5, 0.6) is 17.6 Å². The zero-order valence-corrected chi connectivity index (χ0v) is 22.9. The van der Waals surface area contributed by atoms with Crippen LogP contribution in [-0.4, -0.2) is 64.0 Å². The molecular weight excluding hydrogens is 559 g/mol. The van der Waals surface area contributed by atoms with E-state index in [9.17, 15) is 22.7 Å². The minimum absolute atomic E-state index is 0.112. The lowest BCUT2D eigenvalue weighted by molar-refractivity contribution is -0.153. The molecule has 222 valence electrons. The van der Waals surface area contributed by atoms with E-state index >= 15 is 4.39 Å². The molecule has 7 nitrogen and oxygen atoms in total. The Labute approximate surface area is 238 Å². The standard InChI is InChI=1S/C30H29F5N4O3/c1-2-19-22(31)6-5-17-11-18(40)12-20(23(17)19)25-24(32)26-21(13-36-25)27(41-16-30(33,34)35)38-28(37-26)42-15-29(7-8-29)14-39-9-3-4-10-39/h5-6,11-13,40H,2-4,7-10,14-16H2,1H3. The summed E-state index contributed by atoms with van der Waals surface area (Å²) in [6.45, 7) is 3.17. The smallest absolute Gasteiger partial charge is 0.422 e. The third kappa shape index (κ3) is 5.64. The second-order valence-electron chi connectivity index (χ2n) is 11.1. The Balaban J connectivity index is 1.43. The number of halogens is 5. The molecule has 0 spiro atoms. The monoisotopic (exact) mass is 588 g/mol. The Kier molecular flexibility index (Phi) is 7.28. The minimum Gasteiger partial charge on any atom is -0.508 e. The molecule has 2 aromatic carbocycles. The van der Waals surface area contributed by atoms with E-state index in [0.29, 0.717) is 16.3 Å². The number of hydrogen-bond donors (Lipinski definition) is 1. The van der Waals surface area contributed by atoms with E-state index in [1.165, 1.54) is 24.3 Å². The lowest BCUT2D eigenvalue weighted by atomic mass is 9.94. The van der Waals surface area contributed by atoms with Crippen molar-refractivity contribution < 1.29 is 36.5 Å². The van der Waals surface area contributed by atoms with E-state index in [1.54, 1.807) is 6.92 Å². The average Bonchev–Trinajstić information content (AvgIpc) is 3.52. The Morgan fingerprint density at radius 1 is 1.05 bits per heavy atom. The zero-order valence-electron chi connectivity index (χ0n) is 22.9. The lowest BCUT2D eigenvalue weighted by Crippen LogP contribution is -2.31. The second kappa shape index (κ2) is 10.8. The molecular formula is C30H29F5N4O3. The van der Waals surface area contributed by atoms with Crippen LogP contribution in [0.15, 0.2) is 30.5 Å². The van der Waals surface area contributed by atoms with Crippen LogP contribution in [0.25, 0.3) is 32.9 Å². The van der Waals surface area contributed by atoms with Crippen molar-refractivity contribution in [3.63, 3.8) is 0 Å². The molecule has 2 aromatic heterocycles. The highest BCUT2D eigenvalue weighted by atomic mass is 19.4. The van der Waals surface area contributed by atoms with Gasteiger partial charge in [-0.2, -0.15) is 23.1 Å². The summed E-state index contributed by atoms with van der Waals surface area (Å²) in [7, 11) is 0. The fourth-order valence-electron chi connectivity index (χ4n) is 5.71. The zero-order chi connectivity index (χ0) is 29.6. The van der Waals surface area contributed by atoms with Gasteiger partial charge >= 0.3 is 12.2 Å². The van der Waals surface area contributed by atoms with Crippen LogP contribution in [0, 0.1) is 17.0 Å². The van der Waals surface area contributed by atoms with Gasteiger partial charge in [-0.15, -0.1) is 0 Å². The van der Waals surface area contributed by atoms with Gasteiger partial charge in [0.1, 0.15) is 22.8 Å². The van der Waals surface area contributed by atoms with E-state index in [4.69, 9.17) is 9.47 Å². The van der Waals surface area contributed by atoms with Crippen molar-refractivity contribution in [2.24, 2.45) is 5.41 Å². The first-order valence-electron chi connectivity index (χ1n) is 13.9. The van der Waals surface area contributed by atoms with Crippen molar-refractivity contribution >= 4 is 21.7 Å². The highest BCUT2D eigenvalue weighted by Gasteiger charge is 2.45. The van der Waals surface area contributed by atoms with E-state index in [1.807, 2.05) is 0 Å². The van der Waals surface area contributed by atoms with Gasteiger partial charge in [0, 0.05) is 23.7 Å². The number of nitrogens with zero attached hydrogens (tertiary/aromatic N) is 4. The van der Waals surface area contributed by atoms with E-state index < -0.39 is 30.3 Å². The number of phenolic OH excluding ortho intramolecular Hbond substituents is 1. The molecule has 0 atom stereocenters. The first kappa shape index (κ1) is 28.3. The van der Waals surface area contributed by atoms with Crippen LogP contribution in [-0.2, 0) is 6.42 Å². The summed E-state index contributed by atoms with van der Waals surface area (Å²) in [5.41, 5.74) is -0.321. The largest absolute Gasteiger partial charge is 0.508 e. The molecule has 1 saturated heterocycles. The molecule has 1 aliphatic heterocycles. The number of likely N-dealkylation sites (tertiary alicyclic amines) is 1. The minimum atomic E-state index is -4.67. The van der Waals surface area contributed by atoms with Gasteiger partial charge in [-0.1, -0.05) is 13.0 Å². The predicted octanol–water partition coefficient (Wildman–Crippen LogP) is 6.59. The maximum Gasteiger partial charge on any atom is 0.422 e. The molecule has 4 aromatic rings. The van der Waals surface area contributed by atoms with Crippen LogP contribution in [0.4, 0.5) is 22.0 Å². The third-order valence-corrected chi connectivity index (χ3v) is 7.99. The molecule has 1 saturated carbocycles. The van der Waals surface area contributed by atoms with Crippen molar-refractivity contribution in [2.75, 3.05) is 32.8 Å². The number of alkyl halides is 3. The van der Waals surface area contributed by atoms with Crippen molar-refractivity contribution in [2.45, 2.75) is 45.2 Å². The highest BCUT2D eigenvalue weighted by molar-refractivity contribution is 6.01. The fraction of sp³-hybridized carbons (Fsp3) is 0.433. The summed E-state index contributed by atoms with van der Waals surface area (Å²) in [4.78, 5) is 14.8. The molecule has 2 aliphatic rings. The lowest BCUT2D eigenvalue weighted by Gasteiger charge is -2.22. The van der Waals surface area contributed by atoms with Crippen molar-refractivity contribution in [1.82, 2.24) is 19.9 Å². The number of benzene rings is 2. The van der Waals surface area contributed by atoms with Crippen molar-refractivity contribution in [3.8, 4) is 28.9 Å². The number of aromatic hydroxyl groups is 1. The van der Waals surface area contributed by atoms with Gasteiger partial charge in [-0.05, 0) is 79.7 Å². The molecule has 2 fully saturated rings. The van der Waals surface area contributed by atoms with Crippen LogP contribution < -0.4 is 9.47 Å². The normalized spacial score (nSPS) is 16.8. The van der Waals surface area contributed by atoms with E-state index in [0.717, 1.165) is 51.5 Å². The molecule has 3 heterocycles. The van der Waals surface area contributed by atoms with Crippen molar-refractivity contribution in [1.29, 1.82) is 0 Å². The number of aromatic nitrogens is 3. The number of pyridine rings is 1. The fourth-order valence-corrected chi connectivity index (χ4v) is 5.71. The third-order valence-electron chi connectivity index (χ3n) is 7.99. The van der Waals surface area contributed by atoms with Gasteiger partial charge < -0.3 is 19.5 Å². The number of hydrogen-bond acceptors (Lipinski definition) is 7. The number of aryl methyl sites for hydroxylation is 1. The average molecular weight is 589 g/mol. The first-order chi connectivity index (χ1) is 20.1. The summed E-state index contributed by atoms with van der Waals surface area (Å²) in [5.74, 6) is -2.20. The molecule has 1 N–H and O–H groups in total. The maximum atomic E-state index is 16.3. The topological polar surface area (TPSA) is 80.6 Å². The van der Waals surface area contributed by atoms with E-state index in [-0.39, 0.29) is 52.4 Å². The van der Waals surface area contributed by atoms with Gasteiger partial charge in [0.2, 0.25) is 5.88 Å². The Morgan fingerprint density at radius 2 is 1.81 bits per heavy atom. The van der Waals surface area contributed by atoms with Crippen LogP contribution >= 0.6 is 0 Å². The van der Waals surface area contributed by atoms with Gasteiger partial charge in [-0.25, -0.2) is 8.78 Å². The van der Waals surface area contributed by atoms with Gasteiger partial charge in [0.25, 0.3) is 0 Å². The van der Waals surface area contributed by atoms with Crippen LogP contribution in [0.1, 0.15) is 38.2 Å². The number of rotatable bonds is 9. The summed E-state index contributed by atoms with van der Waals surface area (Å²) in [5, 5.41) is 11.0. The van der Waals surface area contributed by atoms with Gasteiger partial charge in [-0.3, -0.25) is 4.98 Å². The van der Waals surface area contributed by atoms with E-state index in [2.05, 4.69) is 19.9 Å². The first-order valence-corrected chi connectivity index (χ1v) is 13.9.